The van der Waals surface area contributed by atoms with Gasteiger partial charge in [-0.15, -0.1) is 0 Å². The first-order valence-corrected chi connectivity index (χ1v) is 16.9. The highest BCUT2D eigenvalue weighted by Gasteiger charge is 2.31. The molecule has 0 spiro atoms. The van der Waals surface area contributed by atoms with Crippen LogP contribution in [0, 0.1) is 5.92 Å². The van der Waals surface area contributed by atoms with Crippen molar-refractivity contribution in [2.24, 2.45) is 5.92 Å². The van der Waals surface area contributed by atoms with Gasteiger partial charge in [-0.3, -0.25) is 0 Å². The van der Waals surface area contributed by atoms with Gasteiger partial charge in [0.1, 0.15) is 19.7 Å². The first-order chi connectivity index (χ1) is 20.6. The smallest absolute Gasteiger partial charge is 0.419 e. The maximum absolute atomic E-state index is 12.9. The third kappa shape index (κ3) is 15.3. The fraction of sp³-hybridized carbons (Fsp3) is 0.794. The van der Waals surface area contributed by atoms with E-state index < -0.39 is 12.2 Å². The summed E-state index contributed by atoms with van der Waals surface area (Å²) in [4.78, 5) is 26.4. The second-order valence-electron chi connectivity index (χ2n) is 11.6. The van der Waals surface area contributed by atoms with Crippen LogP contribution in [0.5, 0.6) is 0 Å². The van der Waals surface area contributed by atoms with Crippen molar-refractivity contribution in [3.05, 3.63) is 30.1 Å². The molecule has 0 saturated carbocycles. The van der Waals surface area contributed by atoms with Crippen LogP contribution in [0.1, 0.15) is 123 Å². The minimum atomic E-state index is -0.721. The second kappa shape index (κ2) is 23.3. The molecule has 0 radical (unpaired) electrons. The standard InChI is InChI=1S/C34H59N2O6/c1-4-7-8-9-10-11-12-13-14-15-16-17-18-21-24-39-27-30-25-32(41-28-30)29-42-34(38)36(33(37)40-6-3)26-31-22-19-20-23-35(31)5-2/h19-20,22-23,30,32H,4-18,21,24-29H2,1-3H3/q+1/t30-,32-/m1/s1. The van der Waals surface area contributed by atoms with Crippen LogP contribution < -0.4 is 4.57 Å². The Labute approximate surface area is 255 Å². The highest BCUT2D eigenvalue weighted by molar-refractivity contribution is 5.87. The lowest BCUT2D eigenvalue weighted by Crippen LogP contribution is -2.44. The summed E-state index contributed by atoms with van der Waals surface area (Å²) in [5.41, 5.74) is 0.818. The van der Waals surface area contributed by atoms with Crippen LogP contribution in [0.25, 0.3) is 0 Å². The lowest BCUT2D eigenvalue weighted by molar-refractivity contribution is -0.701. The number of imide groups is 1. The minimum absolute atomic E-state index is 0.0770. The van der Waals surface area contributed by atoms with E-state index in [2.05, 4.69) is 6.92 Å². The second-order valence-corrected chi connectivity index (χ2v) is 11.6. The summed E-state index contributed by atoms with van der Waals surface area (Å²) in [6.45, 7) is 9.14. The van der Waals surface area contributed by atoms with E-state index in [9.17, 15) is 9.59 Å². The Morgan fingerprint density at radius 3 is 2.07 bits per heavy atom. The summed E-state index contributed by atoms with van der Waals surface area (Å²) in [5.74, 6) is 0.300. The number of pyridine rings is 1. The molecular weight excluding hydrogens is 532 g/mol. The van der Waals surface area contributed by atoms with Crippen LogP contribution in [-0.2, 0) is 32.0 Å². The van der Waals surface area contributed by atoms with E-state index in [0.717, 1.165) is 36.6 Å². The fourth-order valence-corrected chi connectivity index (χ4v) is 5.43. The van der Waals surface area contributed by atoms with Crippen molar-refractivity contribution in [3.63, 3.8) is 0 Å². The van der Waals surface area contributed by atoms with E-state index in [1.165, 1.54) is 83.5 Å². The number of hydrogen-bond acceptors (Lipinski definition) is 6. The molecule has 0 bridgehead atoms. The molecule has 1 aliphatic rings. The largest absolute Gasteiger partial charge is 0.449 e. The van der Waals surface area contributed by atoms with Crippen molar-refractivity contribution in [3.8, 4) is 0 Å². The van der Waals surface area contributed by atoms with Gasteiger partial charge in [0.2, 0.25) is 5.69 Å². The molecule has 0 aliphatic carbocycles. The zero-order valence-electron chi connectivity index (χ0n) is 26.9. The number of aromatic nitrogens is 1. The van der Waals surface area contributed by atoms with Crippen molar-refractivity contribution < 1.29 is 33.1 Å². The van der Waals surface area contributed by atoms with Gasteiger partial charge in [0, 0.05) is 24.7 Å². The average Bonchev–Trinajstić information content (AvgIpc) is 3.46. The molecule has 2 rings (SSSR count). The molecule has 240 valence electrons. The van der Waals surface area contributed by atoms with Gasteiger partial charge in [-0.05, 0) is 26.7 Å². The van der Waals surface area contributed by atoms with Gasteiger partial charge >= 0.3 is 12.2 Å². The zero-order valence-corrected chi connectivity index (χ0v) is 26.9. The van der Waals surface area contributed by atoms with Crippen molar-refractivity contribution in [1.29, 1.82) is 0 Å². The molecule has 1 aromatic rings. The van der Waals surface area contributed by atoms with Crippen LogP contribution >= 0.6 is 0 Å². The normalized spacial score (nSPS) is 16.5. The number of amides is 2. The maximum atomic E-state index is 12.9. The molecule has 1 fully saturated rings. The first kappa shape index (κ1) is 36.0. The molecule has 2 heterocycles. The topological polar surface area (TPSA) is 78.2 Å². The number of hydrogen-bond donors (Lipinski definition) is 0. The summed E-state index contributed by atoms with van der Waals surface area (Å²) in [6, 6.07) is 5.67. The van der Waals surface area contributed by atoms with E-state index in [4.69, 9.17) is 18.9 Å². The predicted octanol–water partition coefficient (Wildman–Crippen LogP) is 7.99. The van der Waals surface area contributed by atoms with Crippen LogP contribution in [0.15, 0.2) is 24.4 Å². The number of ether oxygens (including phenoxy) is 4. The molecule has 0 N–H and O–H groups in total. The van der Waals surface area contributed by atoms with Crippen molar-refractivity contribution in [2.45, 2.75) is 136 Å². The Balaban J connectivity index is 1.52. The lowest BCUT2D eigenvalue weighted by atomic mass is 10.0. The summed E-state index contributed by atoms with van der Waals surface area (Å²) in [5, 5.41) is 0. The molecule has 8 nitrogen and oxygen atoms in total. The highest BCUT2D eigenvalue weighted by Crippen LogP contribution is 2.21. The van der Waals surface area contributed by atoms with Gasteiger partial charge in [-0.25, -0.2) is 19.1 Å². The van der Waals surface area contributed by atoms with E-state index in [0.29, 0.717) is 19.1 Å². The number of carbonyl (C=O) groups excluding carboxylic acids is 2. The first-order valence-electron chi connectivity index (χ1n) is 16.9. The molecule has 0 aromatic carbocycles. The average molecular weight is 592 g/mol. The molecular formula is C34H59N2O6+. The molecule has 1 aliphatic heterocycles. The van der Waals surface area contributed by atoms with Crippen LogP contribution in [0.3, 0.4) is 0 Å². The number of aryl methyl sites for hydroxylation is 1. The predicted molar refractivity (Wildman–Crippen MR) is 165 cm³/mol. The van der Waals surface area contributed by atoms with Gasteiger partial charge in [0.25, 0.3) is 0 Å². The van der Waals surface area contributed by atoms with Crippen LogP contribution in [0.2, 0.25) is 0 Å². The minimum Gasteiger partial charge on any atom is -0.449 e. The van der Waals surface area contributed by atoms with Gasteiger partial charge in [0.15, 0.2) is 6.20 Å². The fourth-order valence-electron chi connectivity index (χ4n) is 5.43. The third-order valence-corrected chi connectivity index (χ3v) is 7.96. The Morgan fingerprint density at radius 1 is 0.833 bits per heavy atom. The molecule has 0 unspecified atom stereocenters. The summed E-state index contributed by atoms with van der Waals surface area (Å²) < 4.78 is 24.3. The molecule has 2 atom stereocenters. The molecule has 8 heteroatoms. The third-order valence-electron chi connectivity index (χ3n) is 7.96. The van der Waals surface area contributed by atoms with Crippen LogP contribution in [-0.4, -0.2) is 56.2 Å². The van der Waals surface area contributed by atoms with Gasteiger partial charge in [-0.2, -0.15) is 0 Å². The van der Waals surface area contributed by atoms with Crippen molar-refractivity contribution >= 4 is 12.2 Å². The van der Waals surface area contributed by atoms with Gasteiger partial charge in [-0.1, -0.05) is 96.5 Å². The highest BCUT2D eigenvalue weighted by atomic mass is 16.6. The van der Waals surface area contributed by atoms with Gasteiger partial charge in [0.05, 0.1) is 25.9 Å². The number of nitrogens with zero attached hydrogens (tertiary/aromatic N) is 2. The Kier molecular flexibility index (Phi) is 20.0. The summed E-state index contributed by atoms with van der Waals surface area (Å²) >= 11 is 0. The SMILES string of the molecule is CCCCCCCCCCCCCCCCOC[C@@H]1CO[C@@H](COC(=O)N(Cc2cccc[n+]2CC)C(=O)OCC)C1. The summed E-state index contributed by atoms with van der Waals surface area (Å²) in [6.07, 6.45) is 20.0. The zero-order chi connectivity index (χ0) is 30.3. The molecule has 2 amide bonds. The Bertz CT molecular complexity index is 851. The monoisotopic (exact) mass is 591 g/mol. The summed E-state index contributed by atoms with van der Waals surface area (Å²) in [7, 11) is 0. The van der Waals surface area contributed by atoms with E-state index >= 15 is 0 Å². The van der Waals surface area contributed by atoms with E-state index in [1.807, 2.05) is 35.9 Å². The quantitative estimate of drug-likeness (QED) is 0.0948. The van der Waals surface area contributed by atoms with Crippen molar-refractivity contribution in [2.75, 3.05) is 33.0 Å². The maximum Gasteiger partial charge on any atom is 0.419 e. The van der Waals surface area contributed by atoms with Crippen molar-refractivity contribution in [1.82, 2.24) is 4.90 Å². The molecule has 1 aromatic heterocycles. The molecule has 42 heavy (non-hydrogen) atoms. The number of unbranched alkanes of at least 4 members (excludes halogenated alkanes) is 13. The van der Waals surface area contributed by atoms with Gasteiger partial charge < -0.3 is 18.9 Å². The lowest BCUT2D eigenvalue weighted by Gasteiger charge is -2.20. The Hall–Kier alpha value is -2.19. The van der Waals surface area contributed by atoms with E-state index in [-0.39, 0.29) is 25.9 Å². The number of carbonyl (C=O) groups is 2. The van der Waals surface area contributed by atoms with E-state index in [1.54, 1.807) is 6.92 Å². The van der Waals surface area contributed by atoms with Crippen LogP contribution in [0.4, 0.5) is 9.59 Å². The Morgan fingerprint density at radius 2 is 1.45 bits per heavy atom. The molecule has 1 saturated heterocycles. The number of rotatable bonds is 23.